The van der Waals surface area contributed by atoms with Gasteiger partial charge in [-0.15, -0.1) is 0 Å². The molecule has 1 heterocycles. The summed E-state index contributed by atoms with van der Waals surface area (Å²) in [7, 11) is 0. The van der Waals surface area contributed by atoms with Gasteiger partial charge in [-0.3, -0.25) is 5.73 Å². The fraction of sp³-hybridized carbons (Fsp3) is 0.429. The first-order chi connectivity index (χ1) is 9.57. The molecule has 1 atom stereocenters. The molecule has 5 N–H and O–H groups in total. The maximum absolute atomic E-state index is 13.0. The molecule has 1 saturated carbocycles. The molecule has 0 saturated heterocycles. The topological polar surface area (TPSA) is 88.8 Å². The number of hydrogen-bond donors (Lipinski definition) is 3. The van der Waals surface area contributed by atoms with E-state index in [9.17, 15) is 4.39 Å². The van der Waals surface area contributed by atoms with Crippen LogP contribution in [0.1, 0.15) is 31.2 Å². The second-order valence-corrected chi connectivity index (χ2v) is 5.35. The van der Waals surface area contributed by atoms with Crippen molar-refractivity contribution in [1.82, 2.24) is 5.32 Å². The van der Waals surface area contributed by atoms with Crippen molar-refractivity contribution in [2.24, 2.45) is 27.4 Å². The van der Waals surface area contributed by atoms with Gasteiger partial charge in [-0.25, -0.2) is 14.4 Å². The Morgan fingerprint density at radius 1 is 1.15 bits per heavy atom. The summed E-state index contributed by atoms with van der Waals surface area (Å²) in [4.78, 5) is 8.83. The van der Waals surface area contributed by atoms with Gasteiger partial charge in [-0.2, -0.15) is 0 Å². The summed E-state index contributed by atoms with van der Waals surface area (Å²) in [6, 6.07) is 6.06. The van der Waals surface area contributed by atoms with Crippen LogP contribution in [0.25, 0.3) is 0 Å². The van der Waals surface area contributed by atoms with E-state index in [2.05, 4.69) is 15.3 Å². The Kier molecular flexibility index (Phi) is 3.17. The number of benzene rings is 1. The molecule has 1 aliphatic heterocycles. The molecule has 1 aromatic rings. The molecular formula is C14H18FN5. The Hall–Kier alpha value is -1.95. The van der Waals surface area contributed by atoms with E-state index in [-0.39, 0.29) is 17.7 Å². The molecule has 0 amide bonds. The highest BCUT2D eigenvalue weighted by Gasteiger charge is 2.39. The molecule has 1 fully saturated rings. The van der Waals surface area contributed by atoms with E-state index in [4.69, 9.17) is 11.5 Å². The zero-order chi connectivity index (χ0) is 14.2. The number of nitrogens with zero attached hydrogens (tertiary/aromatic N) is 2. The fourth-order valence-corrected chi connectivity index (χ4v) is 2.85. The molecule has 0 spiro atoms. The van der Waals surface area contributed by atoms with Gasteiger partial charge in [0.15, 0.2) is 5.96 Å². The molecular weight excluding hydrogens is 257 g/mol. The zero-order valence-corrected chi connectivity index (χ0v) is 11.1. The van der Waals surface area contributed by atoms with E-state index in [1.807, 2.05) is 0 Å². The predicted molar refractivity (Wildman–Crippen MR) is 76.6 cm³/mol. The van der Waals surface area contributed by atoms with Crippen LogP contribution < -0.4 is 16.8 Å². The molecule has 2 aliphatic rings. The SMILES string of the molecule is NC1=NC(N)(C2CCCC2)N=C(c2ccc(F)cc2)N1. The van der Waals surface area contributed by atoms with Crippen molar-refractivity contribution >= 4 is 11.8 Å². The summed E-state index contributed by atoms with van der Waals surface area (Å²) in [5.41, 5.74) is 12.9. The second kappa shape index (κ2) is 4.86. The molecule has 0 bridgehead atoms. The largest absolute Gasteiger partial charge is 0.370 e. The highest BCUT2D eigenvalue weighted by atomic mass is 19.1. The van der Waals surface area contributed by atoms with Gasteiger partial charge in [0.1, 0.15) is 11.7 Å². The van der Waals surface area contributed by atoms with Crippen LogP contribution in [0.5, 0.6) is 0 Å². The summed E-state index contributed by atoms with van der Waals surface area (Å²) < 4.78 is 13.0. The molecule has 0 aromatic heterocycles. The average molecular weight is 275 g/mol. The first-order valence-corrected chi connectivity index (χ1v) is 6.84. The second-order valence-electron chi connectivity index (χ2n) is 5.35. The number of hydrogen-bond acceptors (Lipinski definition) is 5. The first kappa shape index (κ1) is 13.1. The van der Waals surface area contributed by atoms with E-state index in [1.165, 1.54) is 12.1 Å². The minimum atomic E-state index is -1.00. The maximum Gasteiger partial charge on any atom is 0.210 e. The lowest BCUT2D eigenvalue weighted by Crippen LogP contribution is -2.53. The average Bonchev–Trinajstić information content (AvgIpc) is 2.93. The van der Waals surface area contributed by atoms with Gasteiger partial charge in [0.2, 0.25) is 5.79 Å². The molecule has 0 radical (unpaired) electrons. The van der Waals surface area contributed by atoms with Gasteiger partial charge in [0, 0.05) is 11.5 Å². The van der Waals surface area contributed by atoms with E-state index in [0.29, 0.717) is 5.84 Å². The lowest BCUT2D eigenvalue weighted by atomic mass is 9.99. The standard InChI is InChI=1S/C14H18FN5/c15-11-7-5-9(6-8-11)12-18-13(16)20-14(17,19-12)10-3-1-2-4-10/h5-8,10H,1-4,17H2,(H3,16,18,19,20). The molecule has 5 nitrogen and oxygen atoms in total. The third-order valence-corrected chi connectivity index (χ3v) is 3.91. The van der Waals surface area contributed by atoms with Crippen LogP contribution in [-0.2, 0) is 0 Å². The van der Waals surface area contributed by atoms with Gasteiger partial charge >= 0.3 is 0 Å². The highest BCUT2D eigenvalue weighted by Crippen LogP contribution is 2.35. The number of nitrogens with two attached hydrogens (primary N) is 2. The maximum atomic E-state index is 13.0. The van der Waals surface area contributed by atoms with Crippen LogP contribution >= 0.6 is 0 Å². The lowest BCUT2D eigenvalue weighted by molar-refractivity contribution is 0.294. The van der Waals surface area contributed by atoms with Gasteiger partial charge in [0.05, 0.1) is 0 Å². The number of halogens is 1. The van der Waals surface area contributed by atoms with Crippen molar-refractivity contribution < 1.29 is 4.39 Å². The molecule has 6 heteroatoms. The Bertz CT molecular complexity index is 559. The van der Waals surface area contributed by atoms with Crippen molar-refractivity contribution in [3.05, 3.63) is 35.6 Å². The van der Waals surface area contributed by atoms with Crippen LogP contribution in [0.15, 0.2) is 34.3 Å². The number of rotatable bonds is 2. The summed E-state index contributed by atoms with van der Waals surface area (Å²) in [6.45, 7) is 0. The minimum Gasteiger partial charge on any atom is -0.370 e. The number of guanidine groups is 1. The zero-order valence-electron chi connectivity index (χ0n) is 11.1. The van der Waals surface area contributed by atoms with E-state index in [1.54, 1.807) is 12.1 Å². The van der Waals surface area contributed by atoms with Crippen molar-refractivity contribution in [3.63, 3.8) is 0 Å². The summed E-state index contributed by atoms with van der Waals surface area (Å²) in [6.07, 6.45) is 4.31. The summed E-state index contributed by atoms with van der Waals surface area (Å²) in [5, 5.41) is 2.91. The van der Waals surface area contributed by atoms with Gasteiger partial charge in [0.25, 0.3) is 0 Å². The third-order valence-electron chi connectivity index (χ3n) is 3.91. The van der Waals surface area contributed by atoms with Crippen LogP contribution in [0.4, 0.5) is 4.39 Å². The molecule has 1 aliphatic carbocycles. The lowest BCUT2D eigenvalue weighted by Gasteiger charge is -2.32. The van der Waals surface area contributed by atoms with Crippen LogP contribution in [0, 0.1) is 11.7 Å². The monoisotopic (exact) mass is 275 g/mol. The van der Waals surface area contributed by atoms with Crippen LogP contribution in [-0.4, -0.2) is 17.6 Å². The van der Waals surface area contributed by atoms with E-state index in [0.717, 1.165) is 31.2 Å². The summed E-state index contributed by atoms with van der Waals surface area (Å²) >= 11 is 0. The molecule has 1 unspecified atom stereocenters. The Morgan fingerprint density at radius 3 is 2.45 bits per heavy atom. The van der Waals surface area contributed by atoms with Gasteiger partial charge < -0.3 is 11.1 Å². The fourth-order valence-electron chi connectivity index (χ4n) is 2.85. The predicted octanol–water partition coefficient (Wildman–Crippen LogP) is 1.29. The van der Waals surface area contributed by atoms with Crippen molar-refractivity contribution in [2.75, 3.05) is 0 Å². The number of amidine groups is 1. The van der Waals surface area contributed by atoms with E-state index >= 15 is 0 Å². The van der Waals surface area contributed by atoms with Gasteiger partial charge in [-0.05, 0) is 37.1 Å². The Morgan fingerprint density at radius 2 is 1.80 bits per heavy atom. The van der Waals surface area contributed by atoms with Crippen molar-refractivity contribution in [2.45, 2.75) is 31.5 Å². The Balaban J connectivity index is 1.95. The van der Waals surface area contributed by atoms with Crippen LogP contribution in [0.3, 0.4) is 0 Å². The highest BCUT2D eigenvalue weighted by molar-refractivity contribution is 6.09. The minimum absolute atomic E-state index is 0.207. The molecule has 106 valence electrons. The number of aliphatic imine (C=N–C) groups is 2. The first-order valence-electron chi connectivity index (χ1n) is 6.84. The third kappa shape index (κ3) is 2.38. The van der Waals surface area contributed by atoms with Gasteiger partial charge in [-0.1, -0.05) is 12.8 Å². The van der Waals surface area contributed by atoms with Crippen LogP contribution in [0.2, 0.25) is 0 Å². The number of nitrogens with one attached hydrogen (secondary N) is 1. The normalized spacial score (nSPS) is 26.9. The summed E-state index contributed by atoms with van der Waals surface area (Å²) in [5.74, 6) is -0.281. The van der Waals surface area contributed by atoms with Crippen molar-refractivity contribution in [1.29, 1.82) is 0 Å². The molecule has 20 heavy (non-hydrogen) atoms. The molecule has 3 rings (SSSR count). The Labute approximate surface area is 117 Å². The van der Waals surface area contributed by atoms with Crippen molar-refractivity contribution in [3.8, 4) is 0 Å². The molecule has 1 aromatic carbocycles. The quantitative estimate of drug-likeness (QED) is 0.760. The van der Waals surface area contributed by atoms with E-state index < -0.39 is 5.79 Å². The smallest absolute Gasteiger partial charge is 0.210 e.